The molecule has 0 unspecified atom stereocenters. The smallest absolute Gasteiger partial charge is 0.216 e. The standard InChI is InChI=1S/C19H40N4O4S/c1-6-20-19(21-8-7-13-26-16-17(2)3)22-9-11-23(12-10-22)28(24,25)15-14-27-18(4)5/h17-18H,6-16H2,1-5H3,(H,20,21). The number of sulfonamides is 1. The fourth-order valence-corrected chi connectivity index (χ4v) is 4.08. The van der Waals surface area contributed by atoms with Gasteiger partial charge in [-0.25, -0.2) is 8.42 Å². The van der Waals surface area contributed by atoms with Crippen LogP contribution in [0.5, 0.6) is 0 Å². The van der Waals surface area contributed by atoms with Gasteiger partial charge in [0.15, 0.2) is 5.96 Å². The van der Waals surface area contributed by atoms with Crippen LogP contribution in [0.25, 0.3) is 0 Å². The van der Waals surface area contributed by atoms with Crippen LogP contribution in [0.2, 0.25) is 0 Å². The van der Waals surface area contributed by atoms with E-state index >= 15 is 0 Å². The number of aliphatic imine (C=N–C) groups is 1. The van der Waals surface area contributed by atoms with Gasteiger partial charge in [0.2, 0.25) is 10.0 Å². The van der Waals surface area contributed by atoms with E-state index in [1.54, 1.807) is 4.31 Å². The van der Waals surface area contributed by atoms with E-state index in [0.717, 1.165) is 25.5 Å². The lowest BCUT2D eigenvalue weighted by Crippen LogP contribution is -2.54. The number of piperazine rings is 1. The molecule has 0 aromatic carbocycles. The SMILES string of the molecule is CCNC(=NCCCOCC(C)C)N1CCN(S(=O)(=O)CCOC(C)C)CC1. The molecule has 0 amide bonds. The zero-order chi connectivity index (χ0) is 21.0. The molecule has 0 spiro atoms. The van der Waals surface area contributed by atoms with E-state index < -0.39 is 10.0 Å². The Balaban J connectivity index is 2.45. The number of nitrogens with one attached hydrogen (secondary N) is 1. The fourth-order valence-electron chi connectivity index (χ4n) is 2.79. The predicted molar refractivity (Wildman–Crippen MR) is 114 cm³/mol. The van der Waals surface area contributed by atoms with E-state index in [-0.39, 0.29) is 18.5 Å². The first-order valence-electron chi connectivity index (χ1n) is 10.5. The summed E-state index contributed by atoms with van der Waals surface area (Å²) in [5.41, 5.74) is 0. The minimum Gasteiger partial charge on any atom is -0.381 e. The molecule has 28 heavy (non-hydrogen) atoms. The average molecular weight is 421 g/mol. The molecule has 1 aliphatic heterocycles. The van der Waals surface area contributed by atoms with E-state index in [1.807, 2.05) is 20.8 Å². The summed E-state index contributed by atoms with van der Waals surface area (Å²) in [6.45, 7) is 15.6. The molecule has 0 aromatic rings. The molecule has 166 valence electrons. The molecule has 1 saturated heterocycles. The van der Waals surface area contributed by atoms with Gasteiger partial charge in [-0.1, -0.05) is 13.8 Å². The Labute approximate surface area is 171 Å². The zero-order valence-corrected chi connectivity index (χ0v) is 19.1. The minimum atomic E-state index is -3.27. The van der Waals surface area contributed by atoms with Crippen molar-refractivity contribution >= 4 is 16.0 Å². The van der Waals surface area contributed by atoms with Gasteiger partial charge in [-0.15, -0.1) is 0 Å². The third-order valence-electron chi connectivity index (χ3n) is 4.22. The van der Waals surface area contributed by atoms with Crippen LogP contribution in [0.15, 0.2) is 4.99 Å². The van der Waals surface area contributed by atoms with Crippen molar-refractivity contribution in [1.82, 2.24) is 14.5 Å². The van der Waals surface area contributed by atoms with Crippen molar-refractivity contribution in [2.24, 2.45) is 10.9 Å². The third kappa shape index (κ3) is 10.0. The molecule has 0 radical (unpaired) electrons. The van der Waals surface area contributed by atoms with Gasteiger partial charge in [-0.3, -0.25) is 4.99 Å². The number of nitrogens with zero attached hydrogens (tertiary/aromatic N) is 3. The summed E-state index contributed by atoms with van der Waals surface area (Å²) in [6, 6.07) is 0. The molecule has 0 aromatic heterocycles. The zero-order valence-electron chi connectivity index (χ0n) is 18.3. The maximum atomic E-state index is 12.5. The molecular formula is C19H40N4O4S. The maximum absolute atomic E-state index is 12.5. The first kappa shape index (κ1) is 25.1. The quantitative estimate of drug-likeness (QED) is 0.292. The third-order valence-corrected chi connectivity index (χ3v) is 6.05. The lowest BCUT2D eigenvalue weighted by Gasteiger charge is -2.36. The highest BCUT2D eigenvalue weighted by atomic mass is 32.2. The van der Waals surface area contributed by atoms with E-state index in [9.17, 15) is 8.42 Å². The summed E-state index contributed by atoms with van der Waals surface area (Å²) in [4.78, 5) is 6.81. The second kappa shape index (κ2) is 13.3. The molecule has 0 bridgehead atoms. The van der Waals surface area contributed by atoms with Crippen LogP contribution in [0, 0.1) is 5.92 Å². The van der Waals surface area contributed by atoms with E-state index in [4.69, 9.17) is 9.47 Å². The molecule has 1 heterocycles. The number of hydrogen-bond acceptors (Lipinski definition) is 5. The molecule has 0 atom stereocenters. The Bertz CT molecular complexity index is 544. The van der Waals surface area contributed by atoms with Crippen molar-refractivity contribution < 1.29 is 17.9 Å². The first-order valence-corrected chi connectivity index (χ1v) is 12.1. The number of hydrogen-bond donors (Lipinski definition) is 1. The van der Waals surface area contributed by atoms with Crippen LogP contribution in [-0.2, 0) is 19.5 Å². The Morgan fingerprint density at radius 2 is 1.79 bits per heavy atom. The van der Waals surface area contributed by atoms with Gasteiger partial charge in [0.05, 0.1) is 18.5 Å². The van der Waals surface area contributed by atoms with Gasteiger partial charge in [0, 0.05) is 52.5 Å². The molecule has 1 rings (SSSR count). The van der Waals surface area contributed by atoms with Crippen LogP contribution in [-0.4, -0.2) is 94.5 Å². The van der Waals surface area contributed by atoms with E-state index in [2.05, 4.69) is 29.1 Å². The summed E-state index contributed by atoms with van der Waals surface area (Å²) in [5.74, 6) is 1.44. The van der Waals surface area contributed by atoms with Crippen molar-refractivity contribution in [3.63, 3.8) is 0 Å². The minimum absolute atomic E-state index is 0.0374. The summed E-state index contributed by atoms with van der Waals surface area (Å²) in [6.07, 6.45) is 0.924. The van der Waals surface area contributed by atoms with Crippen LogP contribution in [0.1, 0.15) is 41.0 Å². The van der Waals surface area contributed by atoms with E-state index in [1.165, 1.54) is 0 Å². The lowest BCUT2D eigenvalue weighted by atomic mass is 10.2. The molecule has 9 heteroatoms. The molecule has 1 aliphatic rings. The maximum Gasteiger partial charge on any atom is 0.216 e. The van der Waals surface area contributed by atoms with Crippen molar-refractivity contribution in [2.75, 3.05) is 64.8 Å². The largest absolute Gasteiger partial charge is 0.381 e. The van der Waals surface area contributed by atoms with Crippen molar-refractivity contribution in [2.45, 2.75) is 47.1 Å². The van der Waals surface area contributed by atoms with Crippen molar-refractivity contribution in [3.8, 4) is 0 Å². The second-order valence-electron chi connectivity index (χ2n) is 7.68. The number of ether oxygens (including phenoxy) is 2. The van der Waals surface area contributed by atoms with Crippen LogP contribution < -0.4 is 5.32 Å². The van der Waals surface area contributed by atoms with E-state index in [0.29, 0.717) is 45.2 Å². The number of rotatable bonds is 12. The molecule has 1 N–H and O–H groups in total. The summed E-state index contributed by atoms with van der Waals surface area (Å²) < 4.78 is 37.5. The molecule has 0 saturated carbocycles. The number of guanidine groups is 1. The van der Waals surface area contributed by atoms with Crippen LogP contribution in [0.3, 0.4) is 0 Å². The Kier molecular flexibility index (Phi) is 12.0. The lowest BCUT2D eigenvalue weighted by molar-refractivity contribution is 0.0904. The van der Waals surface area contributed by atoms with Crippen LogP contribution >= 0.6 is 0 Å². The van der Waals surface area contributed by atoms with Gasteiger partial charge in [0.1, 0.15) is 0 Å². The van der Waals surface area contributed by atoms with Gasteiger partial charge in [-0.2, -0.15) is 4.31 Å². The highest BCUT2D eigenvalue weighted by Crippen LogP contribution is 2.09. The normalized spacial score (nSPS) is 17.0. The molecule has 1 fully saturated rings. The first-order chi connectivity index (χ1) is 13.3. The molecular weight excluding hydrogens is 380 g/mol. The summed E-state index contributed by atoms with van der Waals surface area (Å²) >= 11 is 0. The van der Waals surface area contributed by atoms with Crippen LogP contribution in [0.4, 0.5) is 0 Å². The topological polar surface area (TPSA) is 83.5 Å². The summed E-state index contributed by atoms with van der Waals surface area (Å²) in [7, 11) is -3.27. The highest BCUT2D eigenvalue weighted by molar-refractivity contribution is 7.89. The van der Waals surface area contributed by atoms with Crippen molar-refractivity contribution in [1.29, 1.82) is 0 Å². The Morgan fingerprint density at radius 3 is 2.36 bits per heavy atom. The van der Waals surface area contributed by atoms with Crippen molar-refractivity contribution in [3.05, 3.63) is 0 Å². The molecule has 0 aliphatic carbocycles. The van der Waals surface area contributed by atoms with Gasteiger partial charge >= 0.3 is 0 Å². The second-order valence-corrected chi connectivity index (χ2v) is 9.77. The Hall–Kier alpha value is -0.900. The molecule has 8 nitrogen and oxygen atoms in total. The Morgan fingerprint density at radius 1 is 1.11 bits per heavy atom. The highest BCUT2D eigenvalue weighted by Gasteiger charge is 2.27. The van der Waals surface area contributed by atoms with Gasteiger partial charge < -0.3 is 19.7 Å². The average Bonchev–Trinajstić information content (AvgIpc) is 2.63. The van der Waals surface area contributed by atoms with Gasteiger partial charge in [0.25, 0.3) is 0 Å². The predicted octanol–water partition coefficient (Wildman–Crippen LogP) is 1.39. The van der Waals surface area contributed by atoms with Gasteiger partial charge in [-0.05, 0) is 33.1 Å². The summed E-state index contributed by atoms with van der Waals surface area (Å²) in [5, 5.41) is 3.31. The monoisotopic (exact) mass is 420 g/mol. The fraction of sp³-hybridized carbons (Fsp3) is 0.947.